The van der Waals surface area contributed by atoms with Gasteiger partial charge in [0.15, 0.2) is 17.3 Å². The zero-order chi connectivity index (χ0) is 20.3. The Morgan fingerprint density at radius 1 is 1.14 bits per heavy atom. The smallest absolute Gasteiger partial charge is 0.247 e. The minimum Gasteiger partial charge on any atom is -0.493 e. The summed E-state index contributed by atoms with van der Waals surface area (Å²) in [4.78, 5) is 13.9. The molecule has 0 aliphatic carbocycles. The van der Waals surface area contributed by atoms with E-state index in [1.807, 2.05) is 39.0 Å². The highest BCUT2D eigenvalue weighted by Gasteiger charge is 2.17. The highest BCUT2D eigenvalue weighted by Crippen LogP contribution is 2.34. The lowest BCUT2D eigenvalue weighted by Gasteiger charge is -2.10. The van der Waals surface area contributed by atoms with Gasteiger partial charge in [0, 0.05) is 11.3 Å². The molecule has 148 valence electrons. The molecule has 0 unspecified atom stereocenters. The fraction of sp³-hybridized carbons (Fsp3) is 0.368. The molecule has 1 amide bonds. The van der Waals surface area contributed by atoms with Gasteiger partial charge in [-0.3, -0.25) is 9.48 Å². The Hall–Kier alpha value is -3.36. The summed E-state index contributed by atoms with van der Waals surface area (Å²) in [5.74, 6) is 1.51. The number of anilines is 1. The molecule has 1 aromatic carbocycles. The quantitative estimate of drug-likeness (QED) is 0.672. The van der Waals surface area contributed by atoms with Crippen LogP contribution >= 0.6 is 0 Å². The molecular formula is C19H24N6O3. The molecule has 0 radical (unpaired) electrons. The van der Waals surface area contributed by atoms with Gasteiger partial charge in [0.05, 0.1) is 32.7 Å². The number of methoxy groups -OCH3 is 2. The van der Waals surface area contributed by atoms with E-state index in [0.29, 0.717) is 23.9 Å². The Kier molecular flexibility index (Phi) is 5.62. The van der Waals surface area contributed by atoms with Gasteiger partial charge in [-0.2, -0.15) is 15.0 Å². The van der Waals surface area contributed by atoms with Crippen molar-refractivity contribution in [2.75, 3.05) is 19.5 Å². The van der Waals surface area contributed by atoms with Crippen LogP contribution in [0.25, 0.3) is 11.1 Å². The molecule has 3 aromatic rings. The molecule has 9 nitrogen and oxygen atoms in total. The fourth-order valence-electron chi connectivity index (χ4n) is 3.09. The van der Waals surface area contributed by atoms with E-state index in [1.54, 1.807) is 18.9 Å². The lowest BCUT2D eigenvalue weighted by Crippen LogP contribution is -2.20. The van der Waals surface area contributed by atoms with Gasteiger partial charge in [-0.15, -0.1) is 5.10 Å². The second-order valence-electron chi connectivity index (χ2n) is 6.24. The molecule has 0 atom stereocenters. The number of hydrogen-bond donors (Lipinski definition) is 1. The van der Waals surface area contributed by atoms with Crippen molar-refractivity contribution in [1.82, 2.24) is 24.8 Å². The molecule has 1 N–H and O–H groups in total. The molecular weight excluding hydrogens is 360 g/mol. The summed E-state index contributed by atoms with van der Waals surface area (Å²) in [6, 6.07) is 5.71. The van der Waals surface area contributed by atoms with Crippen LogP contribution in [0.1, 0.15) is 18.3 Å². The SMILES string of the molecule is CCn1ncc(NC(=O)Cn2nc(C)c(-c3ccc(OC)c(OC)c3)c2C)n1. The van der Waals surface area contributed by atoms with Crippen molar-refractivity contribution < 1.29 is 14.3 Å². The first-order chi connectivity index (χ1) is 13.5. The molecule has 0 saturated carbocycles. The van der Waals surface area contributed by atoms with E-state index in [2.05, 4.69) is 20.6 Å². The molecule has 28 heavy (non-hydrogen) atoms. The topological polar surface area (TPSA) is 96.1 Å². The fourth-order valence-corrected chi connectivity index (χ4v) is 3.09. The summed E-state index contributed by atoms with van der Waals surface area (Å²) in [5, 5.41) is 15.5. The van der Waals surface area contributed by atoms with E-state index in [-0.39, 0.29) is 12.5 Å². The highest BCUT2D eigenvalue weighted by atomic mass is 16.5. The van der Waals surface area contributed by atoms with Gasteiger partial charge < -0.3 is 14.8 Å². The molecule has 2 heterocycles. The second kappa shape index (κ2) is 8.12. The standard InChI is InChI=1S/C19H24N6O3/c1-6-25-20-10-17(23-25)21-18(26)11-24-13(3)19(12(2)22-24)14-7-8-15(27-4)16(9-14)28-5/h7-10H,6,11H2,1-5H3,(H,21,23,26). The molecule has 0 aliphatic rings. The Balaban J connectivity index is 1.82. The molecule has 0 saturated heterocycles. The van der Waals surface area contributed by atoms with Crippen LogP contribution in [0.15, 0.2) is 24.4 Å². The number of benzene rings is 1. The Morgan fingerprint density at radius 2 is 1.89 bits per heavy atom. The number of aromatic nitrogens is 5. The zero-order valence-corrected chi connectivity index (χ0v) is 16.7. The first-order valence-corrected chi connectivity index (χ1v) is 8.93. The first-order valence-electron chi connectivity index (χ1n) is 8.93. The van der Waals surface area contributed by atoms with Crippen molar-refractivity contribution in [1.29, 1.82) is 0 Å². The van der Waals surface area contributed by atoms with Crippen molar-refractivity contribution in [2.45, 2.75) is 33.9 Å². The van der Waals surface area contributed by atoms with Crippen LogP contribution in [0.2, 0.25) is 0 Å². The summed E-state index contributed by atoms with van der Waals surface area (Å²) >= 11 is 0. The van der Waals surface area contributed by atoms with E-state index >= 15 is 0 Å². The van der Waals surface area contributed by atoms with Crippen molar-refractivity contribution in [3.05, 3.63) is 35.8 Å². The van der Waals surface area contributed by atoms with E-state index in [4.69, 9.17) is 9.47 Å². The summed E-state index contributed by atoms with van der Waals surface area (Å²) < 4.78 is 12.4. The minimum absolute atomic E-state index is 0.0823. The molecule has 9 heteroatoms. The predicted molar refractivity (Wildman–Crippen MR) is 105 cm³/mol. The third-order valence-corrected chi connectivity index (χ3v) is 4.43. The van der Waals surface area contributed by atoms with Gasteiger partial charge >= 0.3 is 0 Å². The number of carbonyl (C=O) groups excluding carboxylic acids is 1. The maximum Gasteiger partial charge on any atom is 0.247 e. The Bertz CT molecular complexity index is 992. The number of nitrogens with one attached hydrogen (secondary N) is 1. The molecule has 0 bridgehead atoms. The van der Waals surface area contributed by atoms with Gasteiger partial charge in [-0.1, -0.05) is 6.07 Å². The lowest BCUT2D eigenvalue weighted by molar-refractivity contribution is -0.117. The number of rotatable bonds is 7. The van der Waals surface area contributed by atoms with Gasteiger partial charge in [0.25, 0.3) is 0 Å². The normalized spacial score (nSPS) is 10.8. The van der Waals surface area contributed by atoms with Crippen molar-refractivity contribution >= 4 is 11.7 Å². The average molecular weight is 384 g/mol. The molecule has 2 aromatic heterocycles. The number of nitrogens with zero attached hydrogens (tertiary/aromatic N) is 5. The molecule has 0 aliphatic heterocycles. The molecule has 0 fully saturated rings. The van der Waals surface area contributed by atoms with Gasteiger partial charge in [0.1, 0.15) is 6.54 Å². The van der Waals surface area contributed by atoms with E-state index in [0.717, 1.165) is 22.5 Å². The zero-order valence-electron chi connectivity index (χ0n) is 16.7. The lowest BCUT2D eigenvalue weighted by atomic mass is 10.0. The maximum absolute atomic E-state index is 12.4. The largest absolute Gasteiger partial charge is 0.493 e. The summed E-state index contributed by atoms with van der Waals surface area (Å²) in [5.41, 5.74) is 3.63. The van der Waals surface area contributed by atoms with Crippen LogP contribution in [0.4, 0.5) is 5.82 Å². The van der Waals surface area contributed by atoms with Crippen LogP contribution < -0.4 is 14.8 Å². The molecule has 3 rings (SSSR count). The van der Waals surface area contributed by atoms with Gasteiger partial charge in [-0.25, -0.2) is 0 Å². The minimum atomic E-state index is -0.215. The predicted octanol–water partition coefficient (Wildman–Crippen LogP) is 2.43. The Morgan fingerprint density at radius 3 is 2.54 bits per heavy atom. The van der Waals surface area contributed by atoms with E-state index in [9.17, 15) is 4.79 Å². The third-order valence-electron chi connectivity index (χ3n) is 4.43. The molecule has 0 spiro atoms. The summed E-state index contributed by atoms with van der Waals surface area (Å²) in [7, 11) is 3.20. The van der Waals surface area contributed by atoms with Crippen LogP contribution in [-0.2, 0) is 17.9 Å². The number of aryl methyl sites for hydroxylation is 2. The van der Waals surface area contributed by atoms with Crippen LogP contribution in [0, 0.1) is 13.8 Å². The first kappa shape index (κ1) is 19.4. The third kappa shape index (κ3) is 3.83. The summed E-state index contributed by atoms with van der Waals surface area (Å²) in [6.07, 6.45) is 1.53. The van der Waals surface area contributed by atoms with Crippen LogP contribution in [0.3, 0.4) is 0 Å². The average Bonchev–Trinajstić information content (AvgIpc) is 3.25. The van der Waals surface area contributed by atoms with E-state index < -0.39 is 0 Å². The van der Waals surface area contributed by atoms with Crippen molar-refractivity contribution in [3.8, 4) is 22.6 Å². The van der Waals surface area contributed by atoms with Crippen molar-refractivity contribution in [2.24, 2.45) is 0 Å². The maximum atomic E-state index is 12.4. The Labute approximate surface area is 163 Å². The van der Waals surface area contributed by atoms with E-state index in [1.165, 1.54) is 11.0 Å². The highest BCUT2D eigenvalue weighted by molar-refractivity contribution is 5.89. The number of carbonyl (C=O) groups is 1. The van der Waals surface area contributed by atoms with Gasteiger partial charge in [0.2, 0.25) is 5.91 Å². The number of hydrogen-bond acceptors (Lipinski definition) is 6. The second-order valence-corrected chi connectivity index (χ2v) is 6.24. The summed E-state index contributed by atoms with van der Waals surface area (Å²) in [6.45, 7) is 6.51. The van der Waals surface area contributed by atoms with Crippen molar-refractivity contribution in [3.63, 3.8) is 0 Å². The number of amides is 1. The number of ether oxygens (including phenoxy) is 2. The van der Waals surface area contributed by atoms with Crippen LogP contribution in [0.5, 0.6) is 11.5 Å². The van der Waals surface area contributed by atoms with Crippen LogP contribution in [-0.4, -0.2) is 44.9 Å². The monoisotopic (exact) mass is 384 g/mol. The van der Waals surface area contributed by atoms with Gasteiger partial charge in [-0.05, 0) is 38.5 Å².